The summed E-state index contributed by atoms with van der Waals surface area (Å²) in [7, 11) is 0. The molecular weight excluding hydrogens is 299 g/mol. The van der Waals surface area contributed by atoms with Crippen LogP contribution in [0.2, 0.25) is 0 Å². The number of amides is 2. The van der Waals surface area contributed by atoms with Gasteiger partial charge in [0, 0.05) is 17.8 Å². The highest BCUT2D eigenvalue weighted by atomic mass is 19.1. The molecule has 0 aliphatic carbocycles. The number of nitrogens with zero attached hydrogens (tertiary/aromatic N) is 1. The molecule has 0 saturated carbocycles. The third-order valence-corrected chi connectivity index (χ3v) is 4.83. The minimum atomic E-state index is -0.748. The first kappa shape index (κ1) is 15.9. The van der Waals surface area contributed by atoms with E-state index in [1.807, 2.05) is 6.92 Å². The van der Waals surface area contributed by atoms with E-state index in [1.54, 1.807) is 17.0 Å². The van der Waals surface area contributed by atoms with Crippen molar-refractivity contribution >= 4 is 17.5 Å². The summed E-state index contributed by atoms with van der Waals surface area (Å²) in [6, 6.07) is 4.30. The quantitative estimate of drug-likeness (QED) is 0.817. The number of hydrogen-bond acceptors (Lipinski definition) is 3. The number of fused-ring (bicyclic) bond motifs is 2. The Morgan fingerprint density at radius 3 is 2.52 bits per heavy atom. The monoisotopic (exact) mass is 320 g/mol. The zero-order valence-corrected chi connectivity index (χ0v) is 13.1. The van der Waals surface area contributed by atoms with Crippen molar-refractivity contribution in [2.24, 2.45) is 0 Å². The van der Waals surface area contributed by atoms with E-state index in [4.69, 9.17) is 0 Å². The summed E-state index contributed by atoms with van der Waals surface area (Å²) in [5, 5.41) is 12.2. The van der Waals surface area contributed by atoms with Crippen molar-refractivity contribution in [3.8, 4) is 0 Å². The van der Waals surface area contributed by atoms with Gasteiger partial charge in [-0.25, -0.2) is 4.39 Å². The fourth-order valence-corrected chi connectivity index (χ4v) is 3.69. The zero-order chi connectivity index (χ0) is 16.6. The molecule has 2 heterocycles. The highest BCUT2D eigenvalue weighted by Crippen LogP contribution is 2.35. The summed E-state index contributed by atoms with van der Waals surface area (Å²) in [6.45, 7) is 1.85. The Bertz CT molecular complexity index is 620. The molecule has 2 saturated heterocycles. The Balaban J connectivity index is 1.69. The van der Waals surface area contributed by atoms with Crippen LogP contribution in [-0.4, -0.2) is 40.0 Å². The van der Waals surface area contributed by atoms with Crippen molar-refractivity contribution in [3.05, 3.63) is 29.6 Å². The molecule has 23 heavy (non-hydrogen) atoms. The molecule has 124 valence electrons. The second kappa shape index (κ2) is 6.28. The fraction of sp³-hybridized carbons (Fsp3) is 0.529. The van der Waals surface area contributed by atoms with Crippen molar-refractivity contribution in [1.82, 2.24) is 4.90 Å². The van der Waals surface area contributed by atoms with Gasteiger partial charge in [0.25, 0.3) is 0 Å². The van der Waals surface area contributed by atoms with Gasteiger partial charge in [-0.3, -0.25) is 9.59 Å². The summed E-state index contributed by atoms with van der Waals surface area (Å²) in [6.07, 6.45) is 2.86. The first-order valence-corrected chi connectivity index (χ1v) is 8.09. The van der Waals surface area contributed by atoms with Crippen LogP contribution in [-0.2, 0) is 16.0 Å². The minimum Gasteiger partial charge on any atom is -0.393 e. The number of aryl methyl sites for hydroxylation is 1. The molecule has 5 nitrogen and oxygen atoms in total. The summed E-state index contributed by atoms with van der Waals surface area (Å²) >= 11 is 0. The van der Waals surface area contributed by atoms with Gasteiger partial charge in [0.1, 0.15) is 5.82 Å². The van der Waals surface area contributed by atoms with Crippen LogP contribution in [0.25, 0.3) is 0 Å². The van der Waals surface area contributed by atoms with Crippen LogP contribution in [0.3, 0.4) is 0 Å². The Kier molecular flexibility index (Phi) is 4.35. The standard InChI is InChI=1S/C17H21FN2O3/c1-2-10-3-4-11(7-15(10)18)19-16(22)17(23)20-12-5-6-13(20)9-14(21)8-12/h3-4,7,12-14,21H,2,5-6,8-9H2,1H3,(H,19,22)/t12-,13-/m0/s1. The van der Waals surface area contributed by atoms with Gasteiger partial charge in [-0.2, -0.15) is 0 Å². The number of piperidine rings is 1. The van der Waals surface area contributed by atoms with E-state index in [-0.39, 0.29) is 23.6 Å². The van der Waals surface area contributed by atoms with Gasteiger partial charge in [0.05, 0.1) is 6.10 Å². The lowest BCUT2D eigenvalue weighted by Gasteiger charge is -2.36. The second-order valence-corrected chi connectivity index (χ2v) is 6.34. The van der Waals surface area contributed by atoms with E-state index < -0.39 is 17.9 Å². The lowest BCUT2D eigenvalue weighted by atomic mass is 10.00. The van der Waals surface area contributed by atoms with Gasteiger partial charge in [-0.1, -0.05) is 13.0 Å². The van der Waals surface area contributed by atoms with Gasteiger partial charge in [0.15, 0.2) is 0 Å². The van der Waals surface area contributed by atoms with Crippen molar-refractivity contribution in [1.29, 1.82) is 0 Å². The molecule has 0 spiro atoms. The highest BCUT2D eigenvalue weighted by Gasteiger charge is 2.44. The number of hydrogen-bond donors (Lipinski definition) is 2. The molecule has 2 amide bonds. The van der Waals surface area contributed by atoms with Crippen molar-refractivity contribution in [2.45, 2.75) is 57.2 Å². The number of carbonyl (C=O) groups is 2. The lowest BCUT2D eigenvalue weighted by molar-refractivity contribution is -0.147. The van der Waals surface area contributed by atoms with Crippen LogP contribution < -0.4 is 5.32 Å². The zero-order valence-electron chi connectivity index (χ0n) is 13.1. The predicted molar refractivity (Wildman–Crippen MR) is 83.3 cm³/mol. The van der Waals surface area contributed by atoms with Gasteiger partial charge in [0.2, 0.25) is 0 Å². The number of halogens is 1. The number of aliphatic hydroxyl groups is 1. The van der Waals surface area contributed by atoms with Gasteiger partial charge in [-0.05, 0) is 49.8 Å². The Morgan fingerprint density at radius 1 is 1.30 bits per heavy atom. The maximum atomic E-state index is 13.8. The van der Waals surface area contributed by atoms with E-state index in [2.05, 4.69) is 5.32 Å². The smallest absolute Gasteiger partial charge is 0.313 e. The predicted octanol–water partition coefficient (Wildman–Crippen LogP) is 1.84. The topological polar surface area (TPSA) is 69.6 Å². The van der Waals surface area contributed by atoms with E-state index in [0.717, 1.165) is 12.8 Å². The SMILES string of the molecule is CCc1ccc(NC(=O)C(=O)N2[C@H]3CC[C@H]2CC(O)C3)cc1F. The summed E-state index contributed by atoms with van der Waals surface area (Å²) in [5.74, 6) is -1.73. The number of anilines is 1. The van der Waals surface area contributed by atoms with Gasteiger partial charge < -0.3 is 15.3 Å². The minimum absolute atomic E-state index is 0.0683. The van der Waals surface area contributed by atoms with Crippen LogP contribution >= 0.6 is 0 Å². The summed E-state index contributed by atoms with van der Waals surface area (Å²) < 4.78 is 13.8. The molecule has 0 radical (unpaired) electrons. The lowest BCUT2D eigenvalue weighted by Crippen LogP contribution is -2.51. The molecule has 1 aromatic carbocycles. The molecule has 2 N–H and O–H groups in total. The molecule has 2 atom stereocenters. The number of benzene rings is 1. The van der Waals surface area contributed by atoms with E-state index in [1.165, 1.54) is 6.07 Å². The van der Waals surface area contributed by atoms with Crippen LogP contribution in [0.4, 0.5) is 10.1 Å². The fourth-order valence-electron chi connectivity index (χ4n) is 3.69. The largest absolute Gasteiger partial charge is 0.393 e. The molecule has 0 unspecified atom stereocenters. The molecule has 2 aliphatic heterocycles. The van der Waals surface area contributed by atoms with Crippen LogP contribution in [0.5, 0.6) is 0 Å². The van der Waals surface area contributed by atoms with E-state index >= 15 is 0 Å². The Hall–Kier alpha value is -1.95. The van der Waals surface area contributed by atoms with Crippen LogP contribution in [0.15, 0.2) is 18.2 Å². The average Bonchev–Trinajstić information content (AvgIpc) is 2.78. The van der Waals surface area contributed by atoms with Crippen molar-refractivity contribution in [3.63, 3.8) is 0 Å². The molecular formula is C17H21FN2O3. The van der Waals surface area contributed by atoms with E-state index in [9.17, 15) is 19.1 Å². The van der Waals surface area contributed by atoms with Crippen LogP contribution in [0.1, 0.15) is 38.2 Å². The molecule has 1 aromatic rings. The Labute approximate surface area is 134 Å². The third-order valence-electron chi connectivity index (χ3n) is 4.83. The number of carbonyl (C=O) groups excluding carboxylic acids is 2. The number of rotatable bonds is 2. The molecule has 0 aromatic heterocycles. The van der Waals surface area contributed by atoms with Crippen molar-refractivity contribution < 1.29 is 19.1 Å². The summed E-state index contributed by atoms with van der Waals surface area (Å²) in [4.78, 5) is 26.2. The van der Waals surface area contributed by atoms with E-state index in [0.29, 0.717) is 24.8 Å². The average molecular weight is 320 g/mol. The maximum Gasteiger partial charge on any atom is 0.313 e. The first-order valence-electron chi connectivity index (χ1n) is 8.09. The van der Waals surface area contributed by atoms with Crippen LogP contribution in [0, 0.1) is 5.82 Å². The van der Waals surface area contributed by atoms with Crippen molar-refractivity contribution in [2.75, 3.05) is 5.32 Å². The molecule has 2 fully saturated rings. The number of nitrogens with one attached hydrogen (secondary N) is 1. The van der Waals surface area contributed by atoms with Gasteiger partial charge >= 0.3 is 11.8 Å². The Morgan fingerprint density at radius 2 is 1.96 bits per heavy atom. The molecule has 6 heteroatoms. The molecule has 2 aliphatic rings. The highest BCUT2D eigenvalue weighted by molar-refractivity contribution is 6.39. The second-order valence-electron chi connectivity index (χ2n) is 6.34. The third kappa shape index (κ3) is 3.08. The number of aliphatic hydroxyl groups excluding tert-OH is 1. The van der Waals surface area contributed by atoms with Gasteiger partial charge in [-0.15, -0.1) is 0 Å². The summed E-state index contributed by atoms with van der Waals surface area (Å²) in [5.41, 5.74) is 0.847. The first-order chi connectivity index (χ1) is 11.0. The molecule has 3 rings (SSSR count). The molecule has 2 bridgehead atoms. The maximum absolute atomic E-state index is 13.8. The normalized spacial score (nSPS) is 26.2.